The average Bonchev–Trinajstić information content (AvgIpc) is 2.65. The predicted octanol–water partition coefficient (Wildman–Crippen LogP) is 2.30. The smallest absolute Gasteiger partial charge is 0.368 e. The van der Waals surface area contributed by atoms with Crippen LogP contribution in [0.5, 0.6) is 0 Å². The van der Waals surface area contributed by atoms with Crippen LogP contribution in [0, 0.1) is 10.1 Å². The molecule has 0 bridgehead atoms. The van der Waals surface area contributed by atoms with Crippen LogP contribution in [0.1, 0.15) is 11.1 Å². The number of alkyl halides is 3. The van der Waals surface area contributed by atoms with Crippen molar-refractivity contribution in [3.05, 3.63) is 63.7 Å². The maximum atomic E-state index is 12.8. The molecule has 0 radical (unpaired) electrons. The summed E-state index contributed by atoms with van der Waals surface area (Å²) in [6.07, 6.45) is 0.144. The lowest BCUT2D eigenvalue weighted by Gasteiger charge is -2.36. The van der Waals surface area contributed by atoms with Gasteiger partial charge < -0.3 is 10.6 Å². The number of amides is 1. The summed E-state index contributed by atoms with van der Waals surface area (Å²) >= 11 is 0. The summed E-state index contributed by atoms with van der Waals surface area (Å²) in [7, 11) is -5.77. The first kappa shape index (κ1) is 20.6. The Morgan fingerprint density at radius 3 is 2.34 bits per heavy atom. The van der Waals surface area contributed by atoms with Crippen molar-refractivity contribution in [2.24, 2.45) is 5.73 Å². The van der Waals surface area contributed by atoms with Gasteiger partial charge in [-0.1, -0.05) is 24.3 Å². The molecule has 2 aromatic rings. The fourth-order valence-corrected chi connectivity index (χ4v) is 4.00. The monoisotopic (exact) mass is 429 g/mol. The van der Waals surface area contributed by atoms with Crippen molar-refractivity contribution in [1.82, 2.24) is 0 Å². The van der Waals surface area contributed by atoms with E-state index in [9.17, 15) is 36.5 Å². The molecule has 0 saturated heterocycles. The van der Waals surface area contributed by atoms with Crippen molar-refractivity contribution in [3.63, 3.8) is 0 Å². The van der Waals surface area contributed by atoms with Crippen molar-refractivity contribution in [2.75, 3.05) is 4.90 Å². The minimum atomic E-state index is -5.77. The summed E-state index contributed by atoms with van der Waals surface area (Å²) in [5, 5.41) is 11.5. The van der Waals surface area contributed by atoms with Crippen molar-refractivity contribution >= 4 is 27.1 Å². The van der Waals surface area contributed by atoms with Gasteiger partial charge in [0.15, 0.2) is 0 Å². The molecule has 1 heterocycles. The number of sulfone groups is 1. The van der Waals surface area contributed by atoms with Crippen LogP contribution in [-0.4, -0.2) is 30.8 Å². The number of nitrogens with zero attached hydrogens (tertiary/aromatic N) is 2. The minimum Gasteiger partial charge on any atom is -0.368 e. The third-order valence-corrected chi connectivity index (χ3v) is 6.13. The number of carbonyl (C=O) groups is 1. The SMILES string of the molecule is NC(=O)[C@@H]1Cc2ccccc2CN1c1ccc(S(=O)(=O)C(F)(F)F)cc1[N+](=O)[O-]. The van der Waals surface area contributed by atoms with E-state index in [4.69, 9.17) is 5.73 Å². The van der Waals surface area contributed by atoms with Crippen molar-refractivity contribution in [2.45, 2.75) is 29.4 Å². The zero-order valence-electron chi connectivity index (χ0n) is 14.6. The Balaban J connectivity index is 2.15. The van der Waals surface area contributed by atoms with Gasteiger partial charge in [0.25, 0.3) is 15.5 Å². The summed E-state index contributed by atoms with van der Waals surface area (Å²) in [5.74, 6) is -0.777. The highest BCUT2D eigenvalue weighted by molar-refractivity contribution is 7.92. The van der Waals surface area contributed by atoms with Gasteiger partial charge in [0.05, 0.1) is 9.82 Å². The molecular weight excluding hydrogens is 415 g/mol. The van der Waals surface area contributed by atoms with Crippen LogP contribution >= 0.6 is 0 Å². The van der Waals surface area contributed by atoms with E-state index in [-0.39, 0.29) is 18.7 Å². The van der Waals surface area contributed by atoms with E-state index < -0.39 is 42.8 Å². The molecule has 0 aliphatic carbocycles. The standard InChI is InChI=1S/C17H14F3N3O5S/c18-17(19,20)29(27,28)12-5-6-13(14(8-12)23(25)26)22-9-11-4-2-1-3-10(11)7-15(22)16(21)24/h1-6,8,15H,7,9H2,(H2,21,24)/t15-/m0/s1. The van der Waals surface area contributed by atoms with E-state index in [1.807, 2.05) is 0 Å². The summed E-state index contributed by atoms with van der Waals surface area (Å²) in [6, 6.07) is 7.87. The van der Waals surface area contributed by atoms with E-state index >= 15 is 0 Å². The number of fused-ring (bicyclic) bond motifs is 1. The number of rotatable bonds is 4. The van der Waals surface area contributed by atoms with Gasteiger partial charge in [-0.15, -0.1) is 0 Å². The fourth-order valence-electron chi connectivity index (χ4n) is 3.22. The van der Waals surface area contributed by atoms with Crippen LogP contribution in [0.25, 0.3) is 0 Å². The molecule has 0 fully saturated rings. The molecule has 1 amide bonds. The predicted molar refractivity (Wildman–Crippen MR) is 95.6 cm³/mol. The van der Waals surface area contributed by atoms with E-state index in [1.54, 1.807) is 24.3 Å². The Labute approximate surface area is 162 Å². The molecule has 12 heteroatoms. The van der Waals surface area contributed by atoms with E-state index in [2.05, 4.69) is 0 Å². The number of hydrogen-bond acceptors (Lipinski definition) is 6. The quantitative estimate of drug-likeness (QED) is 0.588. The number of anilines is 1. The average molecular weight is 429 g/mol. The van der Waals surface area contributed by atoms with Crippen LogP contribution in [0.15, 0.2) is 47.4 Å². The Bertz CT molecular complexity index is 1100. The summed E-state index contributed by atoms with van der Waals surface area (Å²) in [6.45, 7) is 0.0377. The molecule has 1 aliphatic heterocycles. The number of nitrogens with two attached hydrogens (primary N) is 1. The highest BCUT2D eigenvalue weighted by Crippen LogP contribution is 2.38. The van der Waals surface area contributed by atoms with Gasteiger partial charge in [-0.3, -0.25) is 14.9 Å². The van der Waals surface area contributed by atoms with Gasteiger partial charge in [-0.25, -0.2) is 8.42 Å². The summed E-state index contributed by atoms with van der Waals surface area (Å²) in [5.41, 5.74) is 0.324. The molecule has 1 aliphatic rings. The van der Waals surface area contributed by atoms with Crippen LogP contribution < -0.4 is 10.6 Å². The molecule has 0 saturated carbocycles. The topological polar surface area (TPSA) is 124 Å². The number of halogens is 3. The van der Waals surface area contributed by atoms with Crippen LogP contribution in [0.4, 0.5) is 24.5 Å². The second-order valence-corrected chi connectivity index (χ2v) is 8.32. The number of nitro benzene ring substituents is 1. The Kier molecular flexibility index (Phi) is 4.99. The molecule has 1 atom stereocenters. The molecule has 3 rings (SSSR count). The third-order valence-electron chi connectivity index (χ3n) is 4.65. The van der Waals surface area contributed by atoms with Crippen molar-refractivity contribution < 1.29 is 31.3 Å². The zero-order chi connectivity index (χ0) is 21.6. The molecule has 0 spiro atoms. The largest absolute Gasteiger partial charge is 0.501 e. The Hall–Kier alpha value is -3.15. The number of nitro groups is 1. The minimum absolute atomic E-state index is 0.0377. The first-order valence-corrected chi connectivity index (χ1v) is 9.64. The van der Waals surface area contributed by atoms with E-state index in [0.717, 1.165) is 17.2 Å². The maximum Gasteiger partial charge on any atom is 0.501 e. The maximum absolute atomic E-state index is 12.8. The normalized spacial score (nSPS) is 16.9. The van der Waals surface area contributed by atoms with Crippen molar-refractivity contribution in [3.8, 4) is 0 Å². The lowest BCUT2D eigenvalue weighted by molar-refractivity contribution is -0.384. The van der Waals surface area contributed by atoms with Crippen LogP contribution in [-0.2, 0) is 27.6 Å². The first-order valence-electron chi connectivity index (χ1n) is 8.16. The number of hydrogen-bond donors (Lipinski definition) is 1. The molecule has 29 heavy (non-hydrogen) atoms. The number of primary amides is 1. The van der Waals surface area contributed by atoms with Gasteiger partial charge >= 0.3 is 5.51 Å². The molecule has 0 unspecified atom stereocenters. The highest BCUT2D eigenvalue weighted by atomic mass is 32.2. The molecule has 0 aromatic heterocycles. The van der Waals surface area contributed by atoms with Gasteiger partial charge in [0.2, 0.25) is 5.91 Å². The molecule has 2 aromatic carbocycles. The Morgan fingerprint density at radius 2 is 1.79 bits per heavy atom. The second kappa shape index (κ2) is 7.03. The van der Waals surface area contributed by atoms with E-state index in [1.165, 1.54) is 4.90 Å². The van der Waals surface area contributed by atoms with Crippen molar-refractivity contribution in [1.29, 1.82) is 0 Å². The Morgan fingerprint density at radius 1 is 1.17 bits per heavy atom. The fraction of sp³-hybridized carbons (Fsp3) is 0.235. The zero-order valence-corrected chi connectivity index (χ0v) is 15.4. The van der Waals surface area contributed by atoms with E-state index in [0.29, 0.717) is 12.1 Å². The lowest BCUT2D eigenvalue weighted by atomic mass is 9.93. The molecule has 2 N–H and O–H groups in total. The number of carbonyl (C=O) groups excluding carboxylic acids is 1. The summed E-state index contributed by atoms with van der Waals surface area (Å²) < 4.78 is 61.7. The molecule has 8 nitrogen and oxygen atoms in total. The van der Waals surface area contributed by atoms with Gasteiger partial charge in [-0.2, -0.15) is 13.2 Å². The number of benzene rings is 2. The first-order chi connectivity index (χ1) is 13.4. The second-order valence-electron chi connectivity index (χ2n) is 6.38. The van der Waals surface area contributed by atoms with Gasteiger partial charge in [-0.05, 0) is 23.3 Å². The highest BCUT2D eigenvalue weighted by Gasteiger charge is 2.47. The van der Waals surface area contributed by atoms with Crippen LogP contribution in [0.3, 0.4) is 0 Å². The molecule has 154 valence electrons. The van der Waals surface area contributed by atoms with Crippen LogP contribution in [0.2, 0.25) is 0 Å². The van der Waals surface area contributed by atoms with Gasteiger partial charge in [0, 0.05) is 19.0 Å². The van der Waals surface area contributed by atoms with Gasteiger partial charge in [0.1, 0.15) is 11.7 Å². The third kappa shape index (κ3) is 3.62. The lowest BCUT2D eigenvalue weighted by Crippen LogP contribution is -2.49. The summed E-state index contributed by atoms with van der Waals surface area (Å²) in [4.78, 5) is 22.5. The molecular formula is C17H14F3N3O5S.